The van der Waals surface area contributed by atoms with Crippen molar-refractivity contribution in [2.45, 2.75) is 43.5 Å². The largest absolute Gasteiger partial charge is 0.492 e. The second-order valence-corrected chi connectivity index (χ2v) is 11.6. The number of nitrogens with one attached hydrogen (secondary N) is 1. The summed E-state index contributed by atoms with van der Waals surface area (Å²) in [6.07, 6.45) is 4.75. The van der Waals surface area contributed by atoms with Crippen LogP contribution in [-0.2, 0) is 21.4 Å². The fourth-order valence-electron chi connectivity index (χ4n) is 4.73. The molecule has 2 heterocycles. The van der Waals surface area contributed by atoms with Crippen molar-refractivity contribution in [2.24, 2.45) is 5.92 Å². The summed E-state index contributed by atoms with van der Waals surface area (Å²) in [6, 6.07) is 14.4. The SMILES string of the molecule is O=C(NCCOc1ccc(S(=O)(=O)N2CCCCC2)cc1)[C@H]1CCCN(Cc2ccccc2Cl)C1. The zero-order chi connectivity index (χ0) is 24.7. The molecule has 0 unspecified atom stereocenters. The smallest absolute Gasteiger partial charge is 0.243 e. The normalized spacial score (nSPS) is 19.9. The summed E-state index contributed by atoms with van der Waals surface area (Å²) < 4.78 is 32.8. The lowest BCUT2D eigenvalue weighted by Crippen LogP contribution is -2.43. The Morgan fingerprint density at radius 2 is 1.74 bits per heavy atom. The summed E-state index contributed by atoms with van der Waals surface area (Å²) in [5.41, 5.74) is 1.08. The number of nitrogens with zero attached hydrogens (tertiary/aromatic N) is 2. The van der Waals surface area contributed by atoms with Gasteiger partial charge in [0.05, 0.1) is 17.4 Å². The maximum absolute atomic E-state index is 12.8. The van der Waals surface area contributed by atoms with Gasteiger partial charge in [-0.15, -0.1) is 0 Å². The van der Waals surface area contributed by atoms with Gasteiger partial charge in [-0.1, -0.05) is 36.2 Å². The van der Waals surface area contributed by atoms with E-state index in [9.17, 15) is 13.2 Å². The summed E-state index contributed by atoms with van der Waals surface area (Å²) in [4.78, 5) is 15.3. The molecule has 190 valence electrons. The predicted octanol–water partition coefficient (Wildman–Crippen LogP) is 3.92. The minimum absolute atomic E-state index is 0.0421. The lowest BCUT2D eigenvalue weighted by atomic mass is 9.96. The van der Waals surface area contributed by atoms with Gasteiger partial charge in [-0.2, -0.15) is 4.31 Å². The molecular formula is C26H34ClN3O4S. The molecule has 0 radical (unpaired) electrons. The van der Waals surface area contributed by atoms with E-state index in [1.807, 2.05) is 24.3 Å². The first kappa shape index (κ1) is 25.9. The number of sulfonamides is 1. The standard InChI is InChI=1S/C26H34ClN3O4S/c27-25-9-3-2-7-21(25)19-29-15-6-8-22(20-29)26(31)28-14-18-34-23-10-12-24(13-11-23)35(32,33)30-16-4-1-5-17-30/h2-3,7,9-13,22H,1,4-6,8,14-20H2,(H,28,31)/t22-/m0/s1. The number of hydrogen-bond donors (Lipinski definition) is 1. The van der Waals surface area contributed by atoms with Gasteiger partial charge < -0.3 is 10.1 Å². The average Bonchev–Trinajstić information content (AvgIpc) is 2.89. The molecule has 9 heteroatoms. The van der Waals surface area contributed by atoms with Crippen molar-refractivity contribution < 1.29 is 17.9 Å². The lowest BCUT2D eigenvalue weighted by molar-refractivity contribution is -0.126. The minimum atomic E-state index is -3.45. The fourth-order valence-corrected chi connectivity index (χ4v) is 6.44. The second kappa shape index (κ2) is 12.2. The number of hydrogen-bond acceptors (Lipinski definition) is 5. The van der Waals surface area contributed by atoms with Crippen LogP contribution in [0.15, 0.2) is 53.4 Å². The number of ether oxygens (including phenoxy) is 1. The number of halogens is 1. The van der Waals surface area contributed by atoms with Crippen LogP contribution in [0.3, 0.4) is 0 Å². The van der Waals surface area contributed by atoms with Crippen LogP contribution >= 0.6 is 11.6 Å². The topological polar surface area (TPSA) is 78.9 Å². The van der Waals surface area contributed by atoms with Crippen LogP contribution in [-0.4, -0.2) is 62.9 Å². The molecule has 2 aromatic carbocycles. The quantitative estimate of drug-likeness (QED) is 0.508. The molecule has 2 fully saturated rings. The van der Waals surface area contributed by atoms with E-state index in [2.05, 4.69) is 10.2 Å². The Morgan fingerprint density at radius 1 is 1.00 bits per heavy atom. The molecule has 0 bridgehead atoms. The van der Waals surface area contributed by atoms with E-state index in [-0.39, 0.29) is 11.8 Å². The lowest BCUT2D eigenvalue weighted by Gasteiger charge is -2.32. The average molecular weight is 520 g/mol. The first-order valence-corrected chi connectivity index (χ1v) is 14.2. The van der Waals surface area contributed by atoms with Crippen LogP contribution < -0.4 is 10.1 Å². The molecule has 7 nitrogen and oxygen atoms in total. The van der Waals surface area contributed by atoms with Gasteiger partial charge in [-0.25, -0.2) is 8.42 Å². The molecule has 0 spiro atoms. The third-order valence-electron chi connectivity index (χ3n) is 6.67. The van der Waals surface area contributed by atoms with Crippen LogP contribution in [0, 0.1) is 5.92 Å². The molecule has 2 saturated heterocycles. The Bertz CT molecular complexity index is 1090. The number of likely N-dealkylation sites (tertiary alicyclic amines) is 1. The van der Waals surface area contributed by atoms with E-state index in [0.717, 1.165) is 55.8 Å². The van der Waals surface area contributed by atoms with Crippen LogP contribution in [0.1, 0.15) is 37.7 Å². The van der Waals surface area contributed by atoms with E-state index < -0.39 is 10.0 Å². The van der Waals surface area contributed by atoms with Gasteiger partial charge in [0.2, 0.25) is 15.9 Å². The summed E-state index contributed by atoms with van der Waals surface area (Å²) in [7, 11) is -3.45. The molecular weight excluding hydrogens is 486 g/mol. The molecule has 4 rings (SSSR count). The van der Waals surface area contributed by atoms with E-state index >= 15 is 0 Å². The first-order valence-electron chi connectivity index (χ1n) is 12.4. The second-order valence-electron chi connectivity index (χ2n) is 9.24. The first-order chi connectivity index (χ1) is 16.9. The van der Waals surface area contributed by atoms with Crippen molar-refractivity contribution in [3.8, 4) is 5.75 Å². The van der Waals surface area contributed by atoms with Gasteiger partial charge in [-0.05, 0) is 68.1 Å². The Morgan fingerprint density at radius 3 is 2.49 bits per heavy atom. The zero-order valence-corrected chi connectivity index (χ0v) is 21.6. The molecule has 0 saturated carbocycles. The summed E-state index contributed by atoms with van der Waals surface area (Å²) >= 11 is 6.29. The highest BCUT2D eigenvalue weighted by Crippen LogP contribution is 2.24. The summed E-state index contributed by atoms with van der Waals surface area (Å²) in [5.74, 6) is 0.575. The highest BCUT2D eigenvalue weighted by atomic mass is 35.5. The molecule has 0 aromatic heterocycles. The van der Waals surface area contributed by atoms with Crippen LogP contribution in [0.4, 0.5) is 0 Å². The molecule has 1 amide bonds. The number of amides is 1. The van der Waals surface area contributed by atoms with Crippen molar-refractivity contribution in [2.75, 3.05) is 39.3 Å². The van der Waals surface area contributed by atoms with Crippen LogP contribution in [0.2, 0.25) is 5.02 Å². The maximum atomic E-state index is 12.8. The van der Waals surface area contributed by atoms with Crippen LogP contribution in [0.25, 0.3) is 0 Å². The molecule has 0 aliphatic carbocycles. The Kier molecular flexibility index (Phi) is 9.05. The molecule has 2 aliphatic heterocycles. The van der Waals surface area contributed by atoms with Gasteiger partial charge in [0.1, 0.15) is 12.4 Å². The molecule has 2 aromatic rings. The molecule has 1 N–H and O–H groups in total. The third kappa shape index (κ3) is 6.97. The van der Waals surface area contributed by atoms with Crippen molar-refractivity contribution in [1.29, 1.82) is 0 Å². The van der Waals surface area contributed by atoms with Gasteiger partial charge in [0.25, 0.3) is 0 Å². The van der Waals surface area contributed by atoms with E-state index in [4.69, 9.17) is 16.3 Å². The third-order valence-corrected chi connectivity index (χ3v) is 8.96. The van der Waals surface area contributed by atoms with E-state index in [0.29, 0.717) is 43.4 Å². The fraction of sp³-hybridized carbons (Fsp3) is 0.500. The Balaban J connectivity index is 1.20. The monoisotopic (exact) mass is 519 g/mol. The summed E-state index contributed by atoms with van der Waals surface area (Å²) in [6.45, 7) is 4.30. The number of rotatable bonds is 9. The van der Waals surface area contributed by atoms with Crippen molar-refractivity contribution in [3.63, 3.8) is 0 Å². The number of carbonyl (C=O) groups excluding carboxylic acids is 1. The highest BCUT2D eigenvalue weighted by molar-refractivity contribution is 7.89. The van der Waals surface area contributed by atoms with Crippen LogP contribution in [0.5, 0.6) is 5.75 Å². The Hall–Kier alpha value is -2.13. The highest BCUT2D eigenvalue weighted by Gasteiger charge is 2.27. The maximum Gasteiger partial charge on any atom is 0.243 e. The van der Waals surface area contributed by atoms with Gasteiger partial charge >= 0.3 is 0 Å². The van der Waals surface area contributed by atoms with E-state index in [1.54, 1.807) is 28.6 Å². The van der Waals surface area contributed by atoms with Crippen molar-refractivity contribution in [1.82, 2.24) is 14.5 Å². The van der Waals surface area contributed by atoms with Crippen molar-refractivity contribution >= 4 is 27.5 Å². The van der Waals surface area contributed by atoms with E-state index in [1.165, 1.54) is 0 Å². The van der Waals surface area contributed by atoms with Gasteiger partial charge in [0.15, 0.2) is 0 Å². The zero-order valence-electron chi connectivity index (χ0n) is 20.0. The molecule has 35 heavy (non-hydrogen) atoms. The minimum Gasteiger partial charge on any atom is -0.492 e. The van der Waals surface area contributed by atoms with Crippen molar-refractivity contribution in [3.05, 3.63) is 59.1 Å². The Labute approximate surface area is 213 Å². The van der Waals surface area contributed by atoms with Gasteiger partial charge in [-0.3, -0.25) is 9.69 Å². The summed E-state index contributed by atoms with van der Waals surface area (Å²) in [5, 5.41) is 3.74. The number of piperidine rings is 2. The number of carbonyl (C=O) groups is 1. The van der Waals surface area contributed by atoms with Gasteiger partial charge in [0, 0.05) is 31.2 Å². The predicted molar refractivity (Wildman–Crippen MR) is 137 cm³/mol. The molecule has 1 atom stereocenters. The molecule has 2 aliphatic rings. The number of benzene rings is 2.